The third-order valence-electron chi connectivity index (χ3n) is 4.65. The number of aliphatic imine (C=N–C) groups is 1. The third-order valence-corrected chi connectivity index (χ3v) is 4.65. The number of benzene rings is 1. The number of carbonyl (C=O) groups is 5. The van der Waals surface area contributed by atoms with Crippen LogP contribution in [0.1, 0.15) is 18.0 Å². The predicted molar refractivity (Wildman–Crippen MR) is 117 cm³/mol. The molecule has 1 saturated heterocycles. The quantitative estimate of drug-likeness (QED) is 0.196. The Morgan fingerprint density at radius 1 is 1.09 bits per heavy atom. The minimum absolute atomic E-state index is 0. The Hall–Kier alpha value is -3.87. The zero-order chi connectivity index (χ0) is 23.8. The van der Waals surface area contributed by atoms with Crippen molar-refractivity contribution < 1.29 is 34.2 Å². The first-order valence-electron chi connectivity index (χ1n) is 9.53. The summed E-state index contributed by atoms with van der Waals surface area (Å²) in [4.78, 5) is 65.9. The molecule has 0 spiro atoms. The molecule has 0 radical (unpaired) electrons. The van der Waals surface area contributed by atoms with Crippen molar-refractivity contribution in [3.05, 3.63) is 35.9 Å². The minimum Gasteiger partial charge on any atom is -0.481 e. The number of guanidine groups is 1. The number of amides is 3. The van der Waals surface area contributed by atoms with Gasteiger partial charge in [0, 0.05) is 13.1 Å². The first kappa shape index (κ1) is 27.2. The van der Waals surface area contributed by atoms with Gasteiger partial charge in [-0.2, -0.15) is 0 Å². The Morgan fingerprint density at radius 3 is 2.27 bits per heavy atom. The topological polar surface area (TPSA) is 209 Å². The molecule has 3 amide bonds. The SMILES string of the molecule is Cl.NC(N)=NC(C(=O)NCC(=O)N1CCN(CC(=O)O)C(=O)[C@@H]1CC(=O)O)c1ccccc1. The van der Waals surface area contributed by atoms with Crippen LogP contribution in [-0.4, -0.2) is 87.9 Å². The van der Waals surface area contributed by atoms with Gasteiger partial charge in [0.1, 0.15) is 12.6 Å². The molecule has 1 aliphatic rings. The molecule has 1 fully saturated rings. The molecule has 2 rings (SSSR count). The van der Waals surface area contributed by atoms with E-state index in [9.17, 15) is 24.0 Å². The molecule has 1 aromatic rings. The van der Waals surface area contributed by atoms with Crippen LogP contribution in [0.15, 0.2) is 35.3 Å². The summed E-state index contributed by atoms with van der Waals surface area (Å²) in [5.41, 5.74) is 11.3. The van der Waals surface area contributed by atoms with Crippen LogP contribution in [0.25, 0.3) is 0 Å². The lowest BCUT2D eigenvalue weighted by Gasteiger charge is -2.39. The van der Waals surface area contributed by atoms with Gasteiger partial charge in [-0.3, -0.25) is 24.0 Å². The van der Waals surface area contributed by atoms with Gasteiger partial charge in [-0.05, 0) is 5.56 Å². The zero-order valence-corrected chi connectivity index (χ0v) is 18.2. The fraction of sp³-hybridized carbons (Fsp3) is 0.368. The van der Waals surface area contributed by atoms with Crippen molar-refractivity contribution in [2.75, 3.05) is 26.2 Å². The van der Waals surface area contributed by atoms with Gasteiger partial charge in [0.2, 0.25) is 17.7 Å². The van der Waals surface area contributed by atoms with E-state index in [4.69, 9.17) is 21.7 Å². The number of nitrogens with two attached hydrogens (primary N) is 2. The van der Waals surface area contributed by atoms with E-state index in [1.165, 1.54) is 0 Å². The molecule has 2 atom stereocenters. The van der Waals surface area contributed by atoms with Crippen molar-refractivity contribution >= 4 is 48.0 Å². The number of halogens is 1. The van der Waals surface area contributed by atoms with Gasteiger partial charge in [-0.25, -0.2) is 4.99 Å². The lowest BCUT2D eigenvalue weighted by Crippen LogP contribution is -2.61. The first-order valence-corrected chi connectivity index (χ1v) is 9.53. The number of hydrogen-bond acceptors (Lipinski definition) is 6. The highest BCUT2D eigenvalue weighted by atomic mass is 35.5. The van der Waals surface area contributed by atoms with Crippen LogP contribution < -0.4 is 16.8 Å². The number of carboxylic acid groups (broad SMARTS) is 2. The van der Waals surface area contributed by atoms with Crippen LogP contribution >= 0.6 is 12.4 Å². The van der Waals surface area contributed by atoms with Crippen molar-refractivity contribution in [3.63, 3.8) is 0 Å². The van der Waals surface area contributed by atoms with Gasteiger partial charge < -0.3 is 36.8 Å². The number of hydrogen-bond donors (Lipinski definition) is 5. The smallest absolute Gasteiger partial charge is 0.323 e. The van der Waals surface area contributed by atoms with E-state index in [1.54, 1.807) is 30.3 Å². The Labute approximate surface area is 194 Å². The Kier molecular flexibility index (Phi) is 10.1. The summed E-state index contributed by atoms with van der Waals surface area (Å²) in [7, 11) is 0. The summed E-state index contributed by atoms with van der Waals surface area (Å²) in [6.45, 7) is -1.31. The molecule has 7 N–H and O–H groups in total. The molecule has 0 aromatic heterocycles. The van der Waals surface area contributed by atoms with E-state index in [1.807, 2.05) is 0 Å². The summed E-state index contributed by atoms with van der Waals surface area (Å²) >= 11 is 0. The lowest BCUT2D eigenvalue weighted by atomic mass is 10.1. The number of rotatable bonds is 9. The summed E-state index contributed by atoms with van der Waals surface area (Å²) < 4.78 is 0. The maximum absolute atomic E-state index is 12.7. The number of nitrogens with one attached hydrogen (secondary N) is 1. The van der Waals surface area contributed by atoms with Crippen LogP contribution in [0.5, 0.6) is 0 Å². The molecular formula is C19H25ClN6O7. The highest BCUT2D eigenvalue weighted by Crippen LogP contribution is 2.18. The number of carbonyl (C=O) groups excluding carboxylic acids is 3. The molecule has 0 bridgehead atoms. The van der Waals surface area contributed by atoms with Crippen LogP contribution in [0.4, 0.5) is 0 Å². The van der Waals surface area contributed by atoms with E-state index in [-0.39, 0.29) is 31.5 Å². The normalized spacial score (nSPS) is 16.2. The van der Waals surface area contributed by atoms with Crippen molar-refractivity contribution in [1.29, 1.82) is 0 Å². The summed E-state index contributed by atoms with van der Waals surface area (Å²) in [5.74, 6) is -5.09. The number of aliphatic carboxylic acids is 2. The molecule has 13 nitrogen and oxygen atoms in total. The van der Waals surface area contributed by atoms with Gasteiger partial charge in [-0.1, -0.05) is 30.3 Å². The summed E-state index contributed by atoms with van der Waals surface area (Å²) in [6, 6.07) is 5.86. The first-order chi connectivity index (χ1) is 15.1. The van der Waals surface area contributed by atoms with Crippen LogP contribution in [0.3, 0.4) is 0 Å². The van der Waals surface area contributed by atoms with Gasteiger partial charge in [0.15, 0.2) is 12.0 Å². The second-order valence-electron chi connectivity index (χ2n) is 6.94. The highest BCUT2D eigenvalue weighted by Gasteiger charge is 2.39. The number of carboxylic acids is 2. The summed E-state index contributed by atoms with van der Waals surface area (Å²) in [6.07, 6.45) is -0.699. The van der Waals surface area contributed by atoms with Gasteiger partial charge in [0.25, 0.3) is 0 Å². The van der Waals surface area contributed by atoms with E-state index in [2.05, 4.69) is 10.3 Å². The fourth-order valence-electron chi connectivity index (χ4n) is 3.25. The lowest BCUT2D eigenvalue weighted by molar-refractivity contribution is -0.158. The van der Waals surface area contributed by atoms with E-state index in [0.29, 0.717) is 5.56 Å². The number of piperazine rings is 1. The highest BCUT2D eigenvalue weighted by molar-refractivity contribution is 5.95. The van der Waals surface area contributed by atoms with Crippen molar-refractivity contribution in [2.24, 2.45) is 16.5 Å². The Morgan fingerprint density at radius 2 is 1.73 bits per heavy atom. The minimum atomic E-state index is -1.38. The van der Waals surface area contributed by atoms with E-state index < -0.39 is 61.3 Å². The Balaban J connectivity index is 0.00000544. The van der Waals surface area contributed by atoms with Crippen molar-refractivity contribution in [3.8, 4) is 0 Å². The molecule has 1 aliphatic heterocycles. The molecule has 33 heavy (non-hydrogen) atoms. The Bertz CT molecular complexity index is 922. The second kappa shape index (κ2) is 12.2. The molecule has 14 heteroatoms. The largest absolute Gasteiger partial charge is 0.481 e. The van der Waals surface area contributed by atoms with Crippen LogP contribution in [0, 0.1) is 0 Å². The van der Waals surface area contributed by atoms with Gasteiger partial charge >= 0.3 is 11.9 Å². The summed E-state index contributed by atoms with van der Waals surface area (Å²) in [5, 5.41) is 20.4. The third kappa shape index (κ3) is 7.64. The second-order valence-corrected chi connectivity index (χ2v) is 6.94. The van der Waals surface area contributed by atoms with Crippen LogP contribution in [0.2, 0.25) is 0 Å². The number of nitrogens with zero attached hydrogens (tertiary/aromatic N) is 3. The van der Waals surface area contributed by atoms with Gasteiger partial charge in [-0.15, -0.1) is 12.4 Å². The predicted octanol–water partition coefficient (Wildman–Crippen LogP) is -1.86. The molecule has 180 valence electrons. The average Bonchev–Trinajstić information content (AvgIpc) is 2.73. The van der Waals surface area contributed by atoms with E-state index in [0.717, 1.165) is 9.80 Å². The van der Waals surface area contributed by atoms with Gasteiger partial charge in [0.05, 0.1) is 13.0 Å². The standard InChI is InChI=1S/C19H24N6O7.ClH/c20-19(21)23-16(11-4-2-1-3-5-11)17(31)22-9-13(26)25-7-6-24(10-15(29)30)18(32)12(25)8-14(27)28;/h1-5,12,16H,6-10H2,(H,22,31)(H,27,28)(H,29,30)(H4,20,21,23);1H/t12-,16?;/m0./s1. The maximum Gasteiger partial charge on any atom is 0.323 e. The zero-order valence-electron chi connectivity index (χ0n) is 17.4. The molecule has 0 saturated carbocycles. The molecule has 0 aliphatic carbocycles. The van der Waals surface area contributed by atoms with Crippen molar-refractivity contribution in [1.82, 2.24) is 15.1 Å². The molecule has 1 aromatic carbocycles. The monoisotopic (exact) mass is 484 g/mol. The van der Waals surface area contributed by atoms with Crippen molar-refractivity contribution in [2.45, 2.75) is 18.5 Å². The molecule has 1 unspecified atom stereocenters. The maximum atomic E-state index is 12.7. The van der Waals surface area contributed by atoms with Crippen LogP contribution in [-0.2, 0) is 24.0 Å². The van der Waals surface area contributed by atoms with E-state index >= 15 is 0 Å². The average molecular weight is 485 g/mol. The fourth-order valence-corrected chi connectivity index (χ4v) is 3.25. The molecular weight excluding hydrogens is 460 g/mol. The molecule has 1 heterocycles.